The van der Waals surface area contributed by atoms with Crippen LogP contribution in [-0.4, -0.2) is 23.7 Å². The summed E-state index contributed by atoms with van der Waals surface area (Å²) in [5.74, 6) is -0.368. The lowest BCUT2D eigenvalue weighted by molar-refractivity contribution is -0.136. The molecule has 0 aliphatic heterocycles. The van der Waals surface area contributed by atoms with Gasteiger partial charge in [0.15, 0.2) is 0 Å². The van der Waals surface area contributed by atoms with Crippen LogP contribution in [0.3, 0.4) is 0 Å². The van der Waals surface area contributed by atoms with Gasteiger partial charge >= 0.3 is 12.0 Å². The smallest absolute Gasteiger partial charge is 0.319 e. The molecule has 1 aromatic carbocycles. The Bertz CT molecular complexity index is 439. The molecule has 20 heavy (non-hydrogen) atoms. The van der Waals surface area contributed by atoms with Crippen molar-refractivity contribution in [2.75, 3.05) is 11.9 Å². The van der Waals surface area contributed by atoms with Crippen molar-refractivity contribution >= 4 is 17.7 Å². The zero-order valence-corrected chi connectivity index (χ0v) is 12.0. The van der Waals surface area contributed by atoms with E-state index >= 15 is 0 Å². The largest absolute Gasteiger partial charge is 0.481 e. The minimum atomic E-state index is -0.867. The van der Waals surface area contributed by atoms with E-state index in [1.165, 1.54) is 0 Å². The highest BCUT2D eigenvalue weighted by molar-refractivity contribution is 5.89. The van der Waals surface area contributed by atoms with E-state index < -0.39 is 5.97 Å². The van der Waals surface area contributed by atoms with Gasteiger partial charge in [0, 0.05) is 12.2 Å². The number of rotatable bonds is 7. The maximum Gasteiger partial charge on any atom is 0.319 e. The number of urea groups is 1. The summed E-state index contributed by atoms with van der Waals surface area (Å²) in [5, 5.41) is 14.2. The number of carbonyl (C=O) groups excluding carboxylic acids is 1. The van der Waals surface area contributed by atoms with Gasteiger partial charge in [0.05, 0.1) is 6.42 Å². The Kier molecular flexibility index (Phi) is 6.56. The highest BCUT2D eigenvalue weighted by Gasteiger charge is 2.07. The second kappa shape index (κ2) is 8.19. The molecule has 0 saturated heterocycles. The van der Waals surface area contributed by atoms with Crippen LogP contribution in [-0.2, 0) is 11.2 Å². The van der Waals surface area contributed by atoms with Gasteiger partial charge in [-0.25, -0.2) is 4.79 Å². The third-order valence-corrected chi connectivity index (χ3v) is 3.27. The summed E-state index contributed by atoms with van der Waals surface area (Å²) in [5.41, 5.74) is 1.36. The Hall–Kier alpha value is -2.04. The van der Waals surface area contributed by atoms with Gasteiger partial charge in [0.1, 0.15) is 0 Å². The van der Waals surface area contributed by atoms with E-state index in [9.17, 15) is 9.59 Å². The Labute approximate surface area is 119 Å². The number of amides is 2. The first-order valence-electron chi connectivity index (χ1n) is 6.90. The number of carboxylic acid groups (broad SMARTS) is 1. The van der Waals surface area contributed by atoms with Crippen LogP contribution in [0, 0.1) is 5.92 Å². The topological polar surface area (TPSA) is 78.4 Å². The van der Waals surface area contributed by atoms with Crippen LogP contribution in [0.5, 0.6) is 0 Å². The van der Waals surface area contributed by atoms with Crippen LogP contribution >= 0.6 is 0 Å². The highest BCUT2D eigenvalue weighted by Crippen LogP contribution is 2.10. The van der Waals surface area contributed by atoms with Crippen LogP contribution in [0.1, 0.15) is 32.3 Å². The van der Waals surface area contributed by atoms with Crippen molar-refractivity contribution in [3.05, 3.63) is 29.8 Å². The zero-order valence-electron chi connectivity index (χ0n) is 12.0. The molecule has 1 rings (SSSR count). The minimum absolute atomic E-state index is 0.0127. The van der Waals surface area contributed by atoms with Gasteiger partial charge in [-0.15, -0.1) is 0 Å². The Morgan fingerprint density at radius 2 is 1.75 bits per heavy atom. The van der Waals surface area contributed by atoms with Crippen LogP contribution in [0.4, 0.5) is 10.5 Å². The third kappa shape index (κ3) is 5.73. The Morgan fingerprint density at radius 3 is 2.25 bits per heavy atom. The number of carbonyl (C=O) groups is 2. The fourth-order valence-electron chi connectivity index (χ4n) is 1.87. The second-order valence-electron chi connectivity index (χ2n) is 4.78. The lowest BCUT2D eigenvalue weighted by Crippen LogP contribution is -2.32. The van der Waals surface area contributed by atoms with E-state index in [1.54, 1.807) is 24.3 Å². The number of hydrogen-bond donors (Lipinski definition) is 3. The maximum atomic E-state index is 11.7. The standard InChI is InChI=1S/C15H22N2O3/c1-3-11(4-2)10-16-15(20)17-13-7-5-12(6-8-13)9-14(18)19/h5-8,11H,3-4,9-10H2,1-2H3,(H,18,19)(H2,16,17,20). The molecule has 3 N–H and O–H groups in total. The van der Waals surface area contributed by atoms with Gasteiger partial charge in [0.2, 0.25) is 0 Å². The molecule has 0 radical (unpaired) electrons. The molecule has 0 saturated carbocycles. The predicted molar refractivity (Wildman–Crippen MR) is 78.9 cm³/mol. The summed E-state index contributed by atoms with van der Waals surface area (Å²) >= 11 is 0. The summed E-state index contributed by atoms with van der Waals surface area (Å²) in [6.45, 7) is 4.87. The van der Waals surface area contributed by atoms with Crippen molar-refractivity contribution in [1.29, 1.82) is 0 Å². The van der Waals surface area contributed by atoms with Crippen LogP contribution in [0.15, 0.2) is 24.3 Å². The third-order valence-electron chi connectivity index (χ3n) is 3.27. The van der Waals surface area contributed by atoms with Gasteiger partial charge in [-0.05, 0) is 23.6 Å². The molecule has 5 heteroatoms. The van der Waals surface area contributed by atoms with E-state index in [4.69, 9.17) is 5.11 Å². The quantitative estimate of drug-likeness (QED) is 0.717. The normalized spacial score (nSPS) is 10.3. The van der Waals surface area contributed by atoms with Crippen LogP contribution in [0.2, 0.25) is 0 Å². The molecule has 0 fully saturated rings. The van der Waals surface area contributed by atoms with Gasteiger partial charge in [-0.1, -0.05) is 38.8 Å². The molecular weight excluding hydrogens is 256 g/mol. The van der Waals surface area contributed by atoms with Crippen molar-refractivity contribution < 1.29 is 14.7 Å². The molecule has 0 bridgehead atoms. The number of benzene rings is 1. The summed E-state index contributed by atoms with van der Waals surface area (Å²) in [6.07, 6.45) is 2.07. The summed E-state index contributed by atoms with van der Waals surface area (Å²) in [7, 11) is 0. The van der Waals surface area contributed by atoms with Gasteiger partial charge in [-0.2, -0.15) is 0 Å². The predicted octanol–water partition coefficient (Wildman–Crippen LogP) is 2.87. The number of nitrogens with one attached hydrogen (secondary N) is 2. The van der Waals surface area contributed by atoms with E-state index in [2.05, 4.69) is 24.5 Å². The monoisotopic (exact) mass is 278 g/mol. The summed E-state index contributed by atoms with van der Waals surface area (Å²) in [6, 6.07) is 6.57. The van der Waals surface area contributed by atoms with Crippen molar-refractivity contribution in [3.63, 3.8) is 0 Å². The first kappa shape index (κ1) is 16.0. The van der Waals surface area contributed by atoms with Crippen molar-refractivity contribution in [2.45, 2.75) is 33.1 Å². The molecule has 0 unspecified atom stereocenters. The van der Waals surface area contributed by atoms with Gasteiger partial charge in [0.25, 0.3) is 0 Å². The fourth-order valence-corrected chi connectivity index (χ4v) is 1.87. The van der Waals surface area contributed by atoms with E-state index in [0.717, 1.165) is 12.8 Å². The Balaban J connectivity index is 2.43. The second-order valence-corrected chi connectivity index (χ2v) is 4.78. The van der Waals surface area contributed by atoms with Crippen LogP contribution < -0.4 is 10.6 Å². The van der Waals surface area contributed by atoms with Crippen molar-refractivity contribution in [1.82, 2.24) is 5.32 Å². The fraction of sp³-hybridized carbons (Fsp3) is 0.467. The van der Waals surface area contributed by atoms with Crippen molar-refractivity contribution in [3.8, 4) is 0 Å². The summed E-state index contributed by atoms with van der Waals surface area (Å²) in [4.78, 5) is 22.3. The van der Waals surface area contributed by atoms with Gasteiger partial charge < -0.3 is 15.7 Å². The molecule has 0 atom stereocenters. The van der Waals surface area contributed by atoms with E-state index in [1.807, 2.05) is 0 Å². The van der Waals surface area contributed by atoms with Gasteiger partial charge in [-0.3, -0.25) is 4.79 Å². The molecule has 0 aromatic heterocycles. The number of aliphatic carboxylic acids is 1. The Morgan fingerprint density at radius 1 is 1.15 bits per heavy atom. The number of anilines is 1. The SMILES string of the molecule is CCC(CC)CNC(=O)Nc1ccc(CC(=O)O)cc1. The summed E-state index contributed by atoms with van der Waals surface area (Å²) < 4.78 is 0. The van der Waals surface area contributed by atoms with Crippen molar-refractivity contribution in [2.24, 2.45) is 5.92 Å². The first-order valence-corrected chi connectivity index (χ1v) is 6.90. The number of hydrogen-bond acceptors (Lipinski definition) is 2. The molecule has 2 amide bonds. The molecule has 1 aromatic rings. The van der Waals surface area contributed by atoms with E-state index in [0.29, 0.717) is 23.7 Å². The average molecular weight is 278 g/mol. The minimum Gasteiger partial charge on any atom is -0.481 e. The molecule has 0 aliphatic rings. The van der Waals surface area contributed by atoms with E-state index in [-0.39, 0.29) is 12.5 Å². The lowest BCUT2D eigenvalue weighted by Gasteiger charge is -2.14. The molecule has 5 nitrogen and oxygen atoms in total. The first-order chi connectivity index (χ1) is 9.55. The van der Waals surface area contributed by atoms with Crippen LogP contribution in [0.25, 0.3) is 0 Å². The molecule has 0 spiro atoms. The lowest BCUT2D eigenvalue weighted by atomic mass is 10.0. The molecule has 110 valence electrons. The zero-order chi connectivity index (χ0) is 15.0. The molecule has 0 heterocycles. The molecular formula is C15H22N2O3. The number of carboxylic acids is 1. The average Bonchev–Trinajstić information content (AvgIpc) is 2.41. The maximum absolute atomic E-state index is 11.7. The molecule has 0 aliphatic carbocycles. The highest BCUT2D eigenvalue weighted by atomic mass is 16.4.